The van der Waals surface area contributed by atoms with Gasteiger partial charge in [0, 0.05) is 37.3 Å². The van der Waals surface area contributed by atoms with E-state index in [1.807, 2.05) is 19.0 Å². The summed E-state index contributed by atoms with van der Waals surface area (Å²) in [6, 6.07) is 12.7. The van der Waals surface area contributed by atoms with Gasteiger partial charge in [0.05, 0.1) is 16.2 Å². The average Bonchev–Trinajstić information content (AvgIpc) is 3.35. The Kier molecular flexibility index (Phi) is 7.80. The zero-order chi connectivity index (χ0) is 29.5. The van der Waals surface area contributed by atoms with E-state index in [0.717, 1.165) is 19.3 Å². The molecule has 5 rings (SSSR count). The molecule has 1 N–H and O–H groups in total. The normalized spacial score (nSPS) is 22.8. The number of rotatable bonds is 8. The van der Waals surface area contributed by atoms with Gasteiger partial charge in [-0.15, -0.1) is 0 Å². The SMILES string of the molecule is CCN1C(=O)[C@]2(C(=C(O)c3cccc(S(=O)(=O)N4CCCCC4)c3)C(=O)C(=O)N2CCCN(C)C)c2ccccc21. The summed E-state index contributed by atoms with van der Waals surface area (Å²) in [4.78, 5) is 46.4. The Morgan fingerprint density at radius 3 is 2.39 bits per heavy atom. The molecule has 41 heavy (non-hydrogen) atoms. The number of fused-ring (bicyclic) bond motifs is 2. The third-order valence-electron chi connectivity index (χ3n) is 8.17. The lowest BCUT2D eigenvalue weighted by molar-refractivity contribution is -0.143. The summed E-state index contributed by atoms with van der Waals surface area (Å²) in [5.41, 5.74) is -1.15. The molecule has 0 radical (unpaired) electrons. The maximum Gasteiger partial charge on any atom is 0.296 e. The second kappa shape index (κ2) is 11.0. The highest BCUT2D eigenvalue weighted by molar-refractivity contribution is 7.89. The van der Waals surface area contributed by atoms with Crippen LogP contribution in [0.15, 0.2) is 59.0 Å². The van der Waals surface area contributed by atoms with Crippen LogP contribution in [0.1, 0.15) is 43.7 Å². The predicted octanol–water partition coefficient (Wildman–Crippen LogP) is 2.76. The average molecular weight is 581 g/mol. The molecule has 218 valence electrons. The Labute approximate surface area is 240 Å². The van der Waals surface area contributed by atoms with Gasteiger partial charge < -0.3 is 19.8 Å². The molecule has 1 spiro atoms. The molecule has 3 aliphatic heterocycles. The molecule has 0 unspecified atom stereocenters. The monoisotopic (exact) mass is 580 g/mol. The number of amides is 2. The summed E-state index contributed by atoms with van der Waals surface area (Å²) in [7, 11) is -0.0539. The maximum absolute atomic E-state index is 14.3. The largest absolute Gasteiger partial charge is 0.507 e. The second-order valence-electron chi connectivity index (χ2n) is 10.9. The number of carbonyl (C=O) groups excluding carboxylic acids is 3. The number of anilines is 1. The van der Waals surface area contributed by atoms with Crippen LogP contribution in [-0.2, 0) is 29.9 Å². The van der Waals surface area contributed by atoms with Crippen molar-refractivity contribution in [2.45, 2.75) is 43.0 Å². The van der Waals surface area contributed by atoms with Crippen LogP contribution in [0.4, 0.5) is 5.69 Å². The summed E-state index contributed by atoms with van der Waals surface area (Å²) in [6.45, 7) is 3.65. The zero-order valence-corrected chi connectivity index (χ0v) is 24.5. The van der Waals surface area contributed by atoms with E-state index in [9.17, 15) is 27.9 Å². The number of para-hydroxylation sites is 1. The number of aliphatic hydroxyl groups excluding tert-OH is 1. The molecule has 2 saturated heterocycles. The molecule has 10 nitrogen and oxygen atoms in total. The topological polar surface area (TPSA) is 119 Å². The van der Waals surface area contributed by atoms with E-state index in [-0.39, 0.29) is 22.6 Å². The number of ketones is 1. The fourth-order valence-corrected chi connectivity index (χ4v) is 7.79. The van der Waals surface area contributed by atoms with Gasteiger partial charge in [0.25, 0.3) is 17.6 Å². The predicted molar refractivity (Wildman–Crippen MR) is 155 cm³/mol. The van der Waals surface area contributed by atoms with Crippen molar-refractivity contribution in [3.8, 4) is 0 Å². The molecule has 0 aromatic heterocycles. The van der Waals surface area contributed by atoms with E-state index in [0.29, 0.717) is 43.9 Å². The smallest absolute Gasteiger partial charge is 0.296 e. The van der Waals surface area contributed by atoms with Crippen molar-refractivity contribution < 1.29 is 27.9 Å². The van der Waals surface area contributed by atoms with Crippen molar-refractivity contribution in [3.05, 3.63) is 65.2 Å². The van der Waals surface area contributed by atoms with Crippen molar-refractivity contribution in [1.29, 1.82) is 0 Å². The van der Waals surface area contributed by atoms with Gasteiger partial charge in [0.2, 0.25) is 10.0 Å². The van der Waals surface area contributed by atoms with Crippen molar-refractivity contribution in [3.63, 3.8) is 0 Å². The van der Waals surface area contributed by atoms with Crippen molar-refractivity contribution >= 4 is 39.1 Å². The lowest BCUT2D eigenvalue weighted by Crippen LogP contribution is -2.52. The third kappa shape index (κ3) is 4.56. The van der Waals surface area contributed by atoms with Crippen LogP contribution in [0.3, 0.4) is 0 Å². The number of likely N-dealkylation sites (tertiary alicyclic amines) is 1. The summed E-state index contributed by atoms with van der Waals surface area (Å²) in [5.74, 6) is -2.92. The van der Waals surface area contributed by atoms with Crippen molar-refractivity contribution in [1.82, 2.24) is 14.1 Å². The molecule has 3 heterocycles. The fraction of sp³-hybridized carbons (Fsp3) is 0.433. The molecule has 11 heteroatoms. The Morgan fingerprint density at radius 1 is 1.00 bits per heavy atom. The van der Waals surface area contributed by atoms with Crippen LogP contribution in [-0.4, -0.2) is 92.0 Å². The highest BCUT2D eigenvalue weighted by atomic mass is 32.2. The standard InChI is InChI=1S/C30H36N4O6S/c1-4-33-24-15-7-6-14-23(24)30(29(33)38)25(27(36)28(37)34(30)19-11-16-31(2)3)26(35)21-12-10-13-22(20-21)41(39,40)32-17-8-5-9-18-32/h6-7,10,12-15,20,35H,4-5,8-9,11,16-19H2,1-3H3/t30-/m1/s1. The summed E-state index contributed by atoms with van der Waals surface area (Å²) < 4.78 is 28.2. The lowest BCUT2D eigenvalue weighted by atomic mass is 9.82. The number of sulfonamides is 1. The zero-order valence-electron chi connectivity index (χ0n) is 23.7. The molecule has 0 saturated carbocycles. The summed E-state index contributed by atoms with van der Waals surface area (Å²) in [6.07, 6.45) is 3.00. The number of benzene rings is 2. The van der Waals surface area contributed by atoms with E-state index < -0.39 is 38.9 Å². The molecule has 2 amide bonds. The van der Waals surface area contributed by atoms with Gasteiger partial charge in [-0.1, -0.05) is 36.8 Å². The van der Waals surface area contributed by atoms with E-state index >= 15 is 0 Å². The van der Waals surface area contributed by atoms with Gasteiger partial charge in [0.15, 0.2) is 5.54 Å². The molecular weight excluding hydrogens is 544 g/mol. The molecule has 2 aromatic carbocycles. The Hall–Kier alpha value is -3.54. The van der Waals surface area contributed by atoms with E-state index in [4.69, 9.17) is 0 Å². The molecule has 1 atom stereocenters. The Morgan fingerprint density at radius 2 is 1.71 bits per heavy atom. The van der Waals surface area contributed by atoms with Crippen LogP contribution >= 0.6 is 0 Å². The highest BCUT2D eigenvalue weighted by Crippen LogP contribution is 2.53. The number of carbonyl (C=O) groups is 3. The number of nitrogens with zero attached hydrogens (tertiary/aromatic N) is 4. The van der Waals surface area contributed by atoms with E-state index in [1.165, 1.54) is 38.4 Å². The summed E-state index contributed by atoms with van der Waals surface area (Å²) in [5, 5.41) is 11.8. The first-order valence-electron chi connectivity index (χ1n) is 14.0. The third-order valence-corrected chi connectivity index (χ3v) is 10.1. The van der Waals surface area contributed by atoms with Crippen LogP contribution in [0.25, 0.3) is 5.76 Å². The van der Waals surface area contributed by atoms with Crippen molar-refractivity contribution in [2.75, 3.05) is 51.7 Å². The summed E-state index contributed by atoms with van der Waals surface area (Å²) >= 11 is 0. The van der Waals surface area contributed by atoms with Gasteiger partial charge in [-0.2, -0.15) is 4.31 Å². The van der Waals surface area contributed by atoms with Crippen LogP contribution in [0.5, 0.6) is 0 Å². The molecule has 2 aromatic rings. The van der Waals surface area contributed by atoms with Gasteiger partial charge in [-0.25, -0.2) is 8.42 Å². The number of hydrogen-bond donors (Lipinski definition) is 1. The first-order chi connectivity index (χ1) is 19.6. The van der Waals surface area contributed by atoms with Crippen LogP contribution in [0, 0.1) is 0 Å². The van der Waals surface area contributed by atoms with Crippen LogP contribution in [0.2, 0.25) is 0 Å². The van der Waals surface area contributed by atoms with Gasteiger partial charge in [-0.05, 0) is 65.0 Å². The fourth-order valence-electron chi connectivity index (χ4n) is 6.23. The Balaban J connectivity index is 1.70. The first kappa shape index (κ1) is 29.0. The van der Waals surface area contributed by atoms with Gasteiger partial charge in [-0.3, -0.25) is 14.4 Å². The quantitative estimate of drug-likeness (QED) is 0.290. The maximum atomic E-state index is 14.3. The molecule has 0 bridgehead atoms. The number of aliphatic hydroxyl groups is 1. The molecule has 3 aliphatic rings. The van der Waals surface area contributed by atoms with Crippen LogP contribution < -0.4 is 4.90 Å². The van der Waals surface area contributed by atoms with E-state index in [2.05, 4.69) is 0 Å². The Bertz CT molecular complexity index is 1530. The van der Waals surface area contributed by atoms with E-state index in [1.54, 1.807) is 31.2 Å². The minimum Gasteiger partial charge on any atom is -0.507 e. The second-order valence-corrected chi connectivity index (χ2v) is 12.9. The molecular formula is C30H36N4O6S. The highest BCUT2D eigenvalue weighted by Gasteiger charge is 2.66. The van der Waals surface area contributed by atoms with Crippen molar-refractivity contribution in [2.24, 2.45) is 0 Å². The number of piperidine rings is 1. The van der Waals surface area contributed by atoms with Gasteiger partial charge >= 0.3 is 0 Å². The lowest BCUT2D eigenvalue weighted by Gasteiger charge is -2.34. The first-order valence-corrected chi connectivity index (χ1v) is 15.5. The minimum absolute atomic E-state index is 0.0222. The van der Waals surface area contributed by atoms with Gasteiger partial charge in [0.1, 0.15) is 5.76 Å². The number of Topliss-reactive ketones (excluding diaryl/α,β-unsaturated/α-hetero) is 1. The molecule has 0 aliphatic carbocycles. The minimum atomic E-state index is -3.84. The number of likely N-dealkylation sites (N-methyl/N-ethyl adjacent to an activating group) is 1. The number of hydrogen-bond acceptors (Lipinski definition) is 7. The molecule has 2 fully saturated rings.